The van der Waals surface area contributed by atoms with Crippen LogP contribution in [-0.4, -0.2) is 27.2 Å². The number of hydrogen-bond donors (Lipinski definition) is 0. The summed E-state index contributed by atoms with van der Waals surface area (Å²) in [6, 6.07) is 40.6. The van der Waals surface area contributed by atoms with E-state index >= 15 is 0 Å². The summed E-state index contributed by atoms with van der Waals surface area (Å²) >= 11 is 0. The van der Waals surface area contributed by atoms with Crippen molar-refractivity contribution in [1.82, 2.24) is 4.57 Å². The molecule has 7 rings (SSSR count). The number of rotatable bonds is 8. The first-order valence-corrected chi connectivity index (χ1v) is 16.6. The van der Waals surface area contributed by atoms with Gasteiger partial charge in [-0.3, -0.25) is 0 Å². The van der Waals surface area contributed by atoms with Gasteiger partial charge in [-0.25, -0.2) is 12.7 Å². The van der Waals surface area contributed by atoms with Crippen molar-refractivity contribution in [2.45, 2.75) is 24.3 Å². The van der Waals surface area contributed by atoms with E-state index in [1.165, 1.54) is 4.31 Å². The lowest BCUT2D eigenvalue weighted by atomic mass is 9.95. The second-order valence-electron chi connectivity index (χ2n) is 11.5. The summed E-state index contributed by atoms with van der Waals surface area (Å²) in [6.45, 7) is 1.95. The third kappa shape index (κ3) is 5.12. The van der Waals surface area contributed by atoms with E-state index in [2.05, 4.69) is 47.0 Å². The average Bonchev–Trinajstić information content (AvgIpc) is 3.61. The van der Waals surface area contributed by atoms with E-state index in [0.717, 1.165) is 44.4 Å². The third-order valence-corrected chi connectivity index (χ3v) is 10.3. The molecule has 1 aliphatic heterocycles. The highest BCUT2D eigenvalue weighted by molar-refractivity contribution is 7.93. The summed E-state index contributed by atoms with van der Waals surface area (Å²) < 4.78 is 44.0. The maximum atomic E-state index is 14.4. The van der Waals surface area contributed by atoms with Crippen LogP contribution in [0.2, 0.25) is 0 Å². The molecule has 0 saturated carbocycles. The fraction of sp³-hybridized carbons (Fsp3) is 0.128. The van der Waals surface area contributed by atoms with E-state index in [4.69, 9.17) is 9.47 Å². The SMILES string of the molecule is COc1cc(OC)cc(C2/C(=C/N(c3ccccc3)S(=O)(=O)c3ccc(C)cc3)Cc3c(-c4ccccc4)c4ccccc4n32)c1. The fourth-order valence-electron chi connectivity index (χ4n) is 6.47. The standard InChI is InChI=1S/C39H34N2O4S/c1-27-18-20-34(21-19-27)46(42,43)40(31-14-8-5-9-15-31)26-30-24-37-38(28-12-6-4-7-13-28)35-16-10-11-17-36(35)41(37)39(30)29-22-32(44-2)25-33(23-29)45-3/h4-23,25-26,39H,24H2,1-3H3/b30-26+. The Labute approximate surface area is 269 Å². The highest BCUT2D eigenvalue weighted by atomic mass is 32.2. The molecule has 0 bridgehead atoms. The molecule has 2 heterocycles. The topological polar surface area (TPSA) is 60.8 Å². The van der Waals surface area contributed by atoms with Gasteiger partial charge in [-0.2, -0.15) is 0 Å². The largest absolute Gasteiger partial charge is 0.497 e. The number of fused-ring (bicyclic) bond motifs is 3. The van der Waals surface area contributed by atoms with Gasteiger partial charge in [0.1, 0.15) is 11.5 Å². The zero-order chi connectivity index (χ0) is 31.8. The van der Waals surface area contributed by atoms with Crippen molar-refractivity contribution in [2.24, 2.45) is 0 Å². The van der Waals surface area contributed by atoms with E-state index in [-0.39, 0.29) is 10.9 Å². The second kappa shape index (κ2) is 11.9. The Hall–Kier alpha value is -5.27. The Morgan fingerprint density at radius 3 is 2.02 bits per heavy atom. The Balaban J connectivity index is 1.51. The zero-order valence-corrected chi connectivity index (χ0v) is 26.7. The van der Waals surface area contributed by atoms with Crippen molar-refractivity contribution in [3.05, 3.63) is 156 Å². The van der Waals surface area contributed by atoms with Crippen LogP contribution in [0.25, 0.3) is 22.0 Å². The van der Waals surface area contributed by atoms with Crippen molar-refractivity contribution >= 4 is 26.6 Å². The molecule has 0 amide bonds. The number of anilines is 1. The van der Waals surface area contributed by atoms with E-state index in [9.17, 15) is 8.42 Å². The molecule has 46 heavy (non-hydrogen) atoms. The second-order valence-corrected chi connectivity index (χ2v) is 13.3. The monoisotopic (exact) mass is 626 g/mol. The van der Waals surface area contributed by atoms with Gasteiger partial charge in [0.25, 0.3) is 10.0 Å². The number of methoxy groups -OCH3 is 2. The van der Waals surface area contributed by atoms with Gasteiger partial charge in [-0.05, 0) is 66.1 Å². The summed E-state index contributed by atoms with van der Waals surface area (Å²) in [4.78, 5) is 0.228. The van der Waals surface area contributed by atoms with Gasteiger partial charge in [0, 0.05) is 40.8 Å². The average molecular weight is 627 g/mol. The number of aryl methyl sites for hydroxylation is 1. The molecular weight excluding hydrogens is 593 g/mol. The van der Waals surface area contributed by atoms with Gasteiger partial charge in [0.05, 0.1) is 30.8 Å². The van der Waals surface area contributed by atoms with Crippen LogP contribution in [0.3, 0.4) is 0 Å². The molecule has 1 aromatic heterocycles. The van der Waals surface area contributed by atoms with Crippen LogP contribution in [0.4, 0.5) is 5.69 Å². The van der Waals surface area contributed by atoms with E-state index < -0.39 is 10.0 Å². The van der Waals surface area contributed by atoms with Crippen LogP contribution in [0.15, 0.2) is 144 Å². The van der Waals surface area contributed by atoms with Gasteiger partial charge in [-0.15, -0.1) is 0 Å². The predicted molar refractivity (Wildman–Crippen MR) is 184 cm³/mol. The number of sulfonamides is 1. The quantitative estimate of drug-likeness (QED) is 0.170. The highest BCUT2D eigenvalue weighted by Gasteiger charge is 2.36. The van der Waals surface area contributed by atoms with Gasteiger partial charge in [0.2, 0.25) is 0 Å². The zero-order valence-electron chi connectivity index (χ0n) is 25.9. The van der Waals surface area contributed by atoms with Crippen LogP contribution in [0.5, 0.6) is 11.5 Å². The first kappa shape index (κ1) is 29.4. The van der Waals surface area contributed by atoms with Gasteiger partial charge < -0.3 is 14.0 Å². The molecule has 1 aliphatic rings. The maximum Gasteiger partial charge on any atom is 0.268 e. The molecule has 230 valence electrons. The Kier molecular flexibility index (Phi) is 7.62. The lowest BCUT2D eigenvalue weighted by Gasteiger charge is -2.25. The lowest BCUT2D eigenvalue weighted by Crippen LogP contribution is -2.27. The van der Waals surface area contributed by atoms with Crippen molar-refractivity contribution in [3.63, 3.8) is 0 Å². The number of nitrogens with zero attached hydrogens (tertiary/aromatic N) is 2. The summed E-state index contributed by atoms with van der Waals surface area (Å²) in [5.74, 6) is 1.32. The Morgan fingerprint density at radius 2 is 1.37 bits per heavy atom. The number of aromatic nitrogens is 1. The first-order chi connectivity index (χ1) is 22.4. The molecular formula is C39H34N2O4S. The van der Waals surface area contributed by atoms with E-state index in [1.807, 2.05) is 85.9 Å². The molecule has 0 spiro atoms. The van der Waals surface area contributed by atoms with Crippen LogP contribution in [0.1, 0.15) is 22.9 Å². The fourth-order valence-corrected chi connectivity index (χ4v) is 7.85. The summed E-state index contributed by atoms with van der Waals surface area (Å²) in [7, 11) is -0.690. The minimum absolute atomic E-state index is 0.228. The molecule has 1 atom stereocenters. The minimum atomic E-state index is -3.97. The lowest BCUT2D eigenvalue weighted by molar-refractivity contribution is 0.392. The Morgan fingerprint density at radius 1 is 0.761 bits per heavy atom. The molecule has 1 unspecified atom stereocenters. The van der Waals surface area contributed by atoms with Crippen molar-refractivity contribution < 1.29 is 17.9 Å². The molecule has 0 saturated heterocycles. The maximum absolute atomic E-state index is 14.4. The number of para-hydroxylation sites is 2. The number of hydrogen-bond acceptors (Lipinski definition) is 4. The van der Waals surface area contributed by atoms with Crippen LogP contribution < -0.4 is 13.8 Å². The van der Waals surface area contributed by atoms with E-state index in [1.54, 1.807) is 26.4 Å². The van der Waals surface area contributed by atoms with Crippen molar-refractivity contribution in [1.29, 1.82) is 0 Å². The van der Waals surface area contributed by atoms with Crippen LogP contribution in [0, 0.1) is 6.92 Å². The highest BCUT2D eigenvalue weighted by Crippen LogP contribution is 2.48. The molecule has 7 heteroatoms. The number of benzene rings is 5. The summed E-state index contributed by atoms with van der Waals surface area (Å²) in [5.41, 5.74) is 7.85. The van der Waals surface area contributed by atoms with Gasteiger partial charge in [-0.1, -0.05) is 84.4 Å². The summed E-state index contributed by atoms with van der Waals surface area (Å²) in [5, 5.41) is 1.15. The molecule has 6 aromatic rings. The van der Waals surface area contributed by atoms with Crippen LogP contribution in [-0.2, 0) is 16.4 Å². The Bertz CT molecular complexity index is 2150. The first-order valence-electron chi connectivity index (χ1n) is 15.2. The molecule has 0 aliphatic carbocycles. The van der Waals surface area contributed by atoms with Gasteiger partial charge in [0.15, 0.2) is 0 Å². The van der Waals surface area contributed by atoms with Crippen LogP contribution >= 0.6 is 0 Å². The molecule has 6 nitrogen and oxygen atoms in total. The van der Waals surface area contributed by atoms with Crippen molar-refractivity contribution in [2.75, 3.05) is 18.5 Å². The summed E-state index contributed by atoms with van der Waals surface area (Å²) in [6.07, 6.45) is 2.35. The third-order valence-electron chi connectivity index (χ3n) is 8.62. The van der Waals surface area contributed by atoms with Crippen molar-refractivity contribution in [3.8, 4) is 22.6 Å². The molecule has 0 fully saturated rings. The number of ether oxygens (including phenoxy) is 2. The van der Waals surface area contributed by atoms with Gasteiger partial charge >= 0.3 is 0 Å². The van der Waals surface area contributed by atoms with E-state index in [0.29, 0.717) is 23.6 Å². The number of allylic oxidation sites excluding steroid dienone is 1. The molecule has 0 N–H and O–H groups in total. The normalized spacial score (nSPS) is 15.2. The molecule has 0 radical (unpaired) electrons. The smallest absolute Gasteiger partial charge is 0.268 e. The minimum Gasteiger partial charge on any atom is -0.497 e. The predicted octanol–water partition coefficient (Wildman–Crippen LogP) is 8.56. The molecule has 5 aromatic carbocycles.